The first kappa shape index (κ1) is 9.34. The fourth-order valence-corrected chi connectivity index (χ4v) is 1.62. The van der Waals surface area contributed by atoms with E-state index in [1.807, 2.05) is 32.0 Å². The lowest BCUT2D eigenvalue weighted by Gasteiger charge is -2.19. The summed E-state index contributed by atoms with van der Waals surface area (Å²) >= 11 is 0. The molecule has 0 spiro atoms. The molecule has 3 heteroatoms. The van der Waals surface area contributed by atoms with E-state index in [2.05, 4.69) is 0 Å². The van der Waals surface area contributed by atoms with E-state index < -0.39 is 0 Å². The lowest BCUT2D eigenvalue weighted by Crippen LogP contribution is -2.34. The Balaban J connectivity index is 2.31. The van der Waals surface area contributed by atoms with Crippen LogP contribution in [0.2, 0.25) is 0 Å². The fraction of sp³-hybridized carbons (Fsp3) is 0.455. The van der Waals surface area contributed by atoms with E-state index in [9.17, 15) is 0 Å². The second-order valence-corrected chi connectivity index (χ2v) is 4.32. The van der Waals surface area contributed by atoms with E-state index in [-0.39, 0.29) is 5.54 Å². The van der Waals surface area contributed by atoms with Crippen molar-refractivity contribution in [1.29, 1.82) is 0 Å². The van der Waals surface area contributed by atoms with Gasteiger partial charge in [0.2, 0.25) is 6.79 Å². The average Bonchev–Trinajstić information content (AvgIpc) is 2.49. The van der Waals surface area contributed by atoms with Crippen molar-refractivity contribution in [2.45, 2.75) is 25.8 Å². The van der Waals surface area contributed by atoms with Crippen LogP contribution in [-0.2, 0) is 6.42 Å². The van der Waals surface area contributed by atoms with E-state index in [1.54, 1.807) is 0 Å². The van der Waals surface area contributed by atoms with Crippen molar-refractivity contribution in [3.8, 4) is 11.5 Å². The lowest BCUT2D eigenvalue weighted by molar-refractivity contribution is 0.173. The molecule has 0 amide bonds. The first-order valence-electron chi connectivity index (χ1n) is 4.73. The normalized spacial score (nSPS) is 14.5. The Morgan fingerprint density at radius 1 is 1.36 bits per heavy atom. The number of hydrogen-bond acceptors (Lipinski definition) is 3. The van der Waals surface area contributed by atoms with Crippen molar-refractivity contribution in [3.63, 3.8) is 0 Å². The Bertz CT molecular complexity index is 342. The number of benzene rings is 1. The highest BCUT2D eigenvalue weighted by molar-refractivity contribution is 5.48. The van der Waals surface area contributed by atoms with E-state index >= 15 is 0 Å². The van der Waals surface area contributed by atoms with Gasteiger partial charge in [-0.25, -0.2) is 0 Å². The maximum Gasteiger partial charge on any atom is 0.231 e. The zero-order chi connectivity index (χ0) is 10.2. The Morgan fingerprint density at radius 3 is 2.86 bits per heavy atom. The molecule has 2 N–H and O–H groups in total. The summed E-state index contributed by atoms with van der Waals surface area (Å²) in [5.74, 6) is 1.68. The van der Waals surface area contributed by atoms with Crippen LogP contribution in [0.25, 0.3) is 0 Å². The van der Waals surface area contributed by atoms with Gasteiger partial charge in [0.15, 0.2) is 11.5 Å². The number of nitrogens with two attached hydrogens (primary N) is 1. The summed E-state index contributed by atoms with van der Waals surface area (Å²) in [4.78, 5) is 0. The number of para-hydroxylation sites is 1. The van der Waals surface area contributed by atoms with Crippen molar-refractivity contribution >= 4 is 0 Å². The van der Waals surface area contributed by atoms with Gasteiger partial charge in [-0.1, -0.05) is 12.1 Å². The Morgan fingerprint density at radius 2 is 2.14 bits per heavy atom. The highest BCUT2D eigenvalue weighted by Crippen LogP contribution is 2.36. The molecule has 1 aliphatic rings. The van der Waals surface area contributed by atoms with Crippen molar-refractivity contribution in [2.24, 2.45) is 5.73 Å². The molecule has 76 valence electrons. The molecule has 0 radical (unpaired) electrons. The molecule has 1 aromatic rings. The average molecular weight is 193 g/mol. The molecule has 0 bridgehead atoms. The molecule has 2 rings (SSSR count). The van der Waals surface area contributed by atoms with Gasteiger partial charge in [-0.3, -0.25) is 0 Å². The predicted molar refractivity (Wildman–Crippen MR) is 54.5 cm³/mol. The molecule has 0 aliphatic carbocycles. The van der Waals surface area contributed by atoms with Crippen LogP contribution in [0.3, 0.4) is 0 Å². The van der Waals surface area contributed by atoms with Gasteiger partial charge >= 0.3 is 0 Å². The minimum atomic E-state index is -0.221. The summed E-state index contributed by atoms with van der Waals surface area (Å²) in [6, 6.07) is 5.91. The highest BCUT2D eigenvalue weighted by atomic mass is 16.7. The molecule has 0 atom stereocenters. The molecule has 0 fully saturated rings. The van der Waals surface area contributed by atoms with Gasteiger partial charge in [-0.05, 0) is 31.9 Å². The monoisotopic (exact) mass is 193 g/mol. The largest absolute Gasteiger partial charge is 0.454 e. The van der Waals surface area contributed by atoms with Crippen LogP contribution in [0.4, 0.5) is 0 Å². The van der Waals surface area contributed by atoms with Gasteiger partial charge in [0.05, 0.1) is 0 Å². The molecule has 1 heterocycles. The zero-order valence-corrected chi connectivity index (χ0v) is 8.54. The summed E-state index contributed by atoms with van der Waals surface area (Å²) in [5, 5.41) is 0. The third-order valence-corrected chi connectivity index (χ3v) is 2.12. The lowest BCUT2D eigenvalue weighted by atomic mass is 9.95. The van der Waals surface area contributed by atoms with Crippen LogP contribution < -0.4 is 15.2 Å². The Labute approximate surface area is 83.8 Å². The SMILES string of the molecule is CC(C)(N)Cc1cccc2c1OCO2. The third-order valence-electron chi connectivity index (χ3n) is 2.12. The molecule has 0 unspecified atom stereocenters. The van der Waals surface area contributed by atoms with E-state index in [1.165, 1.54) is 0 Å². The van der Waals surface area contributed by atoms with Crippen molar-refractivity contribution < 1.29 is 9.47 Å². The van der Waals surface area contributed by atoms with Crippen molar-refractivity contribution in [1.82, 2.24) is 0 Å². The summed E-state index contributed by atoms with van der Waals surface area (Å²) < 4.78 is 10.7. The van der Waals surface area contributed by atoms with Gasteiger partial charge in [0.25, 0.3) is 0 Å². The molecule has 14 heavy (non-hydrogen) atoms. The van der Waals surface area contributed by atoms with Crippen LogP contribution >= 0.6 is 0 Å². The maximum absolute atomic E-state index is 5.97. The minimum Gasteiger partial charge on any atom is -0.454 e. The fourth-order valence-electron chi connectivity index (χ4n) is 1.62. The van der Waals surface area contributed by atoms with E-state index in [0.29, 0.717) is 6.79 Å². The molecule has 0 aromatic heterocycles. The van der Waals surface area contributed by atoms with Crippen LogP contribution in [0.1, 0.15) is 19.4 Å². The first-order chi connectivity index (χ1) is 6.56. The maximum atomic E-state index is 5.97. The van der Waals surface area contributed by atoms with Crippen molar-refractivity contribution in [2.75, 3.05) is 6.79 Å². The second-order valence-electron chi connectivity index (χ2n) is 4.32. The summed E-state index contributed by atoms with van der Waals surface area (Å²) in [6.45, 7) is 4.32. The van der Waals surface area contributed by atoms with Crippen molar-refractivity contribution in [3.05, 3.63) is 23.8 Å². The number of hydrogen-bond donors (Lipinski definition) is 1. The van der Waals surface area contributed by atoms with Gasteiger partial charge in [-0.15, -0.1) is 0 Å². The number of ether oxygens (including phenoxy) is 2. The molecule has 0 saturated heterocycles. The summed E-state index contributed by atoms with van der Waals surface area (Å²) in [5.41, 5.74) is 6.86. The van der Waals surface area contributed by atoms with Gasteiger partial charge in [0, 0.05) is 5.54 Å². The highest BCUT2D eigenvalue weighted by Gasteiger charge is 2.21. The molecule has 1 aromatic carbocycles. The van der Waals surface area contributed by atoms with E-state index in [0.717, 1.165) is 23.5 Å². The Kier molecular flexibility index (Phi) is 2.11. The molecule has 0 saturated carbocycles. The van der Waals surface area contributed by atoms with Gasteiger partial charge in [0.1, 0.15) is 0 Å². The van der Waals surface area contributed by atoms with Crippen LogP contribution in [0, 0.1) is 0 Å². The summed E-state index contributed by atoms with van der Waals surface area (Å²) in [6.07, 6.45) is 0.791. The quantitative estimate of drug-likeness (QED) is 0.777. The van der Waals surface area contributed by atoms with Crippen LogP contribution in [0.5, 0.6) is 11.5 Å². The van der Waals surface area contributed by atoms with Gasteiger partial charge in [-0.2, -0.15) is 0 Å². The smallest absolute Gasteiger partial charge is 0.231 e. The number of fused-ring (bicyclic) bond motifs is 1. The van der Waals surface area contributed by atoms with E-state index in [4.69, 9.17) is 15.2 Å². The topological polar surface area (TPSA) is 44.5 Å². The van der Waals surface area contributed by atoms with Crippen LogP contribution in [0.15, 0.2) is 18.2 Å². The molecule has 1 aliphatic heterocycles. The third kappa shape index (κ3) is 1.82. The second kappa shape index (κ2) is 3.17. The zero-order valence-electron chi connectivity index (χ0n) is 8.54. The number of rotatable bonds is 2. The molecular formula is C11H15NO2. The Hall–Kier alpha value is -1.22. The molecule has 3 nitrogen and oxygen atoms in total. The minimum absolute atomic E-state index is 0.221. The van der Waals surface area contributed by atoms with Gasteiger partial charge < -0.3 is 15.2 Å². The van der Waals surface area contributed by atoms with Crippen LogP contribution in [-0.4, -0.2) is 12.3 Å². The standard InChI is InChI=1S/C11H15NO2/c1-11(2,12)6-8-4-3-5-9-10(8)14-7-13-9/h3-5H,6-7,12H2,1-2H3. The predicted octanol–water partition coefficient (Wildman–Crippen LogP) is 1.70. The first-order valence-corrected chi connectivity index (χ1v) is 4.73. The summed E-state index contributed by atoms with van der Waals surface area (Å²) in [7, 11) is 0. The molecular weight excluding hydrogens is 178 g/mol.